The number of para-hydroxylation sites is 1. The molecule has 3 N–H and O–H groups in total. The lowest BCUT2D eigenvalue weighted by Gasteiger charge is -2.31. The van der Waals surface area contributed by atoms with Crippen LogP contribution in [0.25, 0.3) is 0 Å². The highest BCUT2D eigenvalue weighted by Gasteiger charge is 2.56. The molecule has 1 heterocycles. The number of carboxylic acids is 2. The standard InChI is InChI=1S/C18H22N2O7S/c1-10(21)20-14(17(25)26)18(2,3)28-15(20)13(16(23)24)19-12(22)9-27-11-7-5-4-6-8-11/h4-8,13-15H,9H2,1-3H3,(H,19,22)(H,23,24)(H,25,26)/t13?,14-,15+/m0/s1. The number of rotatable bonds is 7. The third-order valence-corrected chi connectivity index (χ3v) is 5.79. The highest BCUT2D eigenvalue weighted by atomic mass is 32.2. The summed E-state index contributed by atoms with van der Waals surface area (Å²) >= 11 is 1.02. The van der Waals surface area contributed by atoms with Gasteiger partial charge in [-0.2, -0.15) is 0 Å². The summed E-state index contributed by atoms with van der Waals surface area (Å²) in [5, 5.41) is 20.4. The van der Waals surface area contributed by atoms with E-state index >= 15 is 0 Å². The number of amides is 2. The Bertz CT molecular complexity index is 768. The van der Waals surface area contributed by atoms with Crippen molar-refractivity contribution in [2.24, 2.45) is 0 Å². The lowest BCUT2D eigenvalue weighted by molar-refractivity contribution is -0.153. The molecule has 0 bridgehead atoms. The van der Waals surface area contributed by atoms with E-state index in [1.165, 1.54) is 6.92 Å². The molecule has 2 amide bonds. The third-order valence-electron chi connectivity index (χ3n) is 4.21. The molecular formula is C18H22N2O7S. The van der Waals surface area contributed by atoms with E-state index < -0.39 is 52.6 Å². The molecule has 1 aliphatic rings. The van der Waals surface area contributed by atoms with E-state index in [0.717, 1.165) is 16.7 Å². The van der Waals surface area contributed by atoms with Crippen molar-refractivity contribution in [2.45, 2.75) is 43.0 Å². The quantitative estimate of drug-likeness (QED) is 0.601. The number of hydrogen-bond acceptors (Lipinski definition) is 6. The minimum atomic E-state index is -1.50. The average Bonchev–Trinajstić information content (AvgIpc) is 2.89. The number of aliphatic carboxylic acids is 2. The van der Waals surface area contributed by atoms with E-state index in [1.807, 2.05) is 0 Å². The van der Waals surface area contributed by atoms with Crippen molar-refractivity contribution in [2.75, 3.05) is 6.61 Å². The maximum absolute atomic E-state index is 12.2. The minimum Gasteiger partial charge on any atom is -0.484 e. The predicted molar refractivity (Wildman–Crippen MR) is 101 cm³/mol. The molecule has 3 atom stereocenters. The van der Waals surface area contributed by atoms with Gasteiger partial charge < -0.3 is 25.2 Å². The third kappa shape index (κ3) is 4.75. The number of nitrogens with zero attached hydrogens (tertiary/aromatic N) is 1. The van der Waals surface area contributed by atoms with Gasteiger partial charge in [-0.25, -0.2) is 9.59 Å². The monoisotopic (exact) mass is 410 g/mol. The molecule has 1 aromatic carbocycles. The van der Waals surface area contributed by atoms with Gasteiger partial charge in [-0.15, -0.1) is 11.8 Å². The molecule has 1 unspecified atom stereocenters. The maximum atomic E-state index is 12.2. The lowest BCUT2D eigenvalue weighted by atomic mass is 10.0. The first-order valence-corrected chi connectivity index (χ1v) is 9.32. The molecule has 1 aromatic rings. The molecule has 9 nitrogen and oxygen atoms in total. The number of ether oxygens (including phenoxy) is 1. The summed E-state index contributed by atoms with van der Waals surface area (Å²) in [6.45, 7) is 3.98. The number of nitrogens with one attached hydrogen (secondary N) is 1. The van der Waals surface area contributed by atoms with Gasteiger partial charge in [-0.3, -0.25) is 9.59 Å². The highest BCUT2D eigenvalue weighted by Crippen LogP contribution is 2.45. The number of carbonyl (C=O) groups excluding carboxylic acids is 2. The predicted octanol–water partition coefficient (Wildman–Crippen LogP) is 0.788. The van der Waals surface area contributed by atoms with Gasteiger partial charge in [0, 0.05) is 11.7 Å². The van der Waals surface area contributed by atoms with Gasteiger partial charge in [-0.1, -0.05) is 18.2 Å². The Morgan fingerprint density at radius 2 is 1.82 bits per heavy atom. The Labute approximate surface area is 166 Å². The first-order chi connectivity index (χ1) is 13.0. The fourth-order valence-electron chi connectivity index (χ4n) is 3.06. The summed E-state index contributed by atoms with van der Waals surface area (Å²) in [6, 6.07) is 5.80. The van der Waals surface area contributed by atoms with Crippen LogP contribution in [0.4, 0.5) is 0 Å². The molecule has 2 rings (SSSR count). The second-order valence-corrected chi connectivity index (χ2v) is 8.53. The number of hydrogen-bond donors (Lipinski definition) is 3. The van der Waals surface area contributed by atoms with Gasteiger partial charge >= 0.3 is 11.9 Å². The zero-order valence-electron chi connectivity index (χ0n) is 15.6. The van der Waals surface area contributed by atoms with Crippen molar-refractivity contribution < 1.29 is 34.1 Å². The lowest BCUT2D eigenvalue weighted by Crippen LogP contribution is -2.57. The van der Waals surface area contributed by atoms with E-state index in [4.69, 9.17) is 4.74 Å². The Morgan fingerprint density at radius 1 is 1.21 bits per heavy atom. The van der Waals surface area contributed by atoms with Crippen LogP contribution in [-0.2, 0) is 19.2 Å². The SMILES string of the molecule is CC(=O)N1[C@@H](C(NC(=O)COc2ccccc2)C(=O)O)SC(C)(C)[C@@H]1C(=O)O. The Balaban J connectivity index is 2.17. The van der Waals surface area contributed by atoms with Gasteiger partial charge in [0.2, 0.25) is 5.91 Å². The fraction of sp³-hybridized carbons (Fsp3) is 0.444. The van der Waals surface area contributed by atoms with Crippen LogP contribution in [-0.4, -0.2) is 67.7 Å². The summed E-state index contributed by atoms with van der Waals surface area (Å²) in [5.41, 5.74) is 0. The van der Waals surface area contributed by atoms with Gasteiger partial charge in [-0.05, 0) is 26.0 Å². The Morgan fingerprint density at radius 3 is 2.32 bits per heavy atom. The largest absolute Gasteiger partial charge is 0.484 e. The normalized spacial score (nSPS) is 21.6. The van der Waals surface area contributed by atoms with Crippen molar-refractivity contribution in [3.8, 4) is 5.75 Å². The van der Waals surface area contributed by atoms with Crippen molar-refractivity contribution in [1.82, 2.24) is 10.2 Å². The zero-order chi connectivity index (χ0) is 21.1. The molecule has 152 valence electrons. The van der Waals surface area contributed by atoms with Crippen molar-refractivity contribution in [1.29, 1.82) is 0 Å². The van der Waals surface area contributed by atoms with E-state index in [2.05, 4.69) is 5.32 Å². The number of thioether (sulfide) groups is 1. The van der Waals surface area contributed by atoms with E-state index in [9.17, 15) is 29.4 Å². The second kappa shape index (κ2) is 8.51. The minimum absolute atomic E-state index is 0.420. The van der Waals surface area contributed by atoms with Crippen molar-refractivity contribution in [3.63, 3.8) is 0 Å². The van der Waals surface area contributed by atoms with Crippen LogP contribution in [0.3, 0.4) is 0 Å². The average molecular weight is 410 g/mol. The molecule has 0 spiro atoms. The fourth-order valence-corrected chi connectivity index (χ4v) is 4.73. The van der Waals surface area contributed by atoms with Crippen LogP contribution in [0.5, 0.6) is 5.75 Å². The molecule has 1 saturated heterocycles. The van der Waals surface area contributed by atoms with Gasteiger partial charge in [0.15, 0.2) is 12.6 Å². The summed E-state index contributed by atoms with van der Waals surface area (Å²) in [5.74, 6) is -3.46. The first-order valence-electron chi connectivity index (χ1n) is 8.44. The van der Waals surface area contributed by atoms with Crippen LogP contribution in [0.1, 0.15) is 20.8 Å². The summed E-state index contributed by atoms with van der Waals surface area (Å²) < 4.78 is 4.36. The van der Waals surface area contributed by atoms with Gasteiger partial charge in [0.25, 0.3) is 5.91 Å². The number of benzene rings is 1. The van der Waals surface area contributed by atoms with Crippen LogP contribution in [0, 0.1) is 0 Å². The molecule has 0 aromatic heterocycles. The maximum Gasteiger partial charge on any atom is 0.329 e. The topological polar surface area (TPSA) is 133 Å². The van der Waals surface area contributed by atoms with Crippen LogP contribution in [0.2, 0.25) is 0 Å². The van der Waals surface area contributed by atoms with E-state index in [-0.39, 0.29) is 0 Å². The molecule has 10 heteroatoms. The molecule has 1 aliphatic heterocycles. The summed E-state index contributed by atoms with van der Waals surface area (Å²) in [6.07, 6.45) is 0. The van der Waals surface area contributed by atoms with E-state index in [0.29, 0.717) is 5.75 Å². The number of carboxylic acid groups (broad SMARTS) is 2. The van der Waals surface area contributed by atoms with Gasteiger partial charge in [0.1, 0.15) is 17.2 Å². The highest BCUT2D eigenvalue weighted by molar-refractivity contribution is 8.01. The van der Waals surface area contributed by atoms with Crippen LogP contribution in [0.15, 0.2) is 30.3 Å². The summed E-state index contributed by atoms with van der Waals surface area (Å²) in [7, 11) is 0. The molecule has 0 saturated carbocycles. The van der Waals surface area contributed by atoms with E-state index in [1.54, 1.807) is 44.2 Å². The van der Waals surface area contributed by atoms with Crippen molar-refractivity contribution in [3.05, 3.63) is 30.3 Å². The Hall–Kier alpha value is -2.75. The number of carbonyl (C=O) groups is 4. The molecule has 1 fully saturated rings. The zero-order valence-corrected chi connectivity index (χ0v) is 16.4. The molecule has 0 aliphatic carbocycles. The van der Waals surface area contributed by atoms with Crippen molar-refractivity contribution >= 4 is 35.5 Å². The first kappa shape index (κ1) is 21.5. The van der Waals surface area contributed by atoms with Gasteiger partial charge in [0.05, 0.1) is 0 Å². The molecule has 28 heavy (non-hydrogen) atoms. The Kier molecular flexibility index (Phi) is 6.55. The smallest absolute Gasteiger partial charge is 0.329 e. The van der Waals surface area contributed by atoms with Crippen LogP contribution < -0.4 is 10.1 Å². The van der Waals surface area contributed by atoms with Crippen LogP contribution >= 0.6 is 11.8 Å². The molecule has 0 radical (unpaired) electrons. The second-order valence-electron chi connectivity index (χ2n) is 6.76. The summed E-state index contributed by atoms with van der Waals surface area (Å²) in [4.78, 5) is 48.8. The molecular weight excluding hydrogens is 388 g/mol.